The molecule has 0 aliphatic carbocycles. The van der Waals surface area contributed by atoms with Crippen molar-refractivity contribution in [3.63, 3.8) is 0 Å². The summed E-state index contributed by atoms with van der Waals surface area (Å²) in [6.07, 6.45) is 5.08. The molecule has 0 radical (unpaired) electrons. The number of benzene rings is 1. The number of hydrogen-bond donors (Lipinski definition) is 0. The van der Waals surface area contributed by atoms with Crippen molar-refractivity contribution in [3.05, 3.63) is 52.2 Å². The van der Waals surface area contributed by atoms with Crippen molar-refractivity contribution >= 4 is 17.0 Å². The number of rotatable bonds is 7. The Morgan fingerprint density at radius 1 is 1.40 bits per heavy atom. The predicted octanol–water partition coefficient (Wildman–Crippen LogP) is 4.29. The molecule has 1 aliphatic rings. The zero-order chi connectivity index (χ0) is 17.5. The average molecular weight is 361 g/mol. The summed E-state index contributed by atoms with van der Waals surface area (Å²) >= 11 is 1.75. The minimum absolute atomic E-state index is 0.234. The van der Waals surface area contributed by atoms with Crippen LogP contribution in [0.1, 0.15) is 42.7 Å². The van der Waals surface area contributed by atoms with Gasteiger partial charge in [0.2, 0.25) is 0 Å². The molecule has 25 heavy (non-hydrogen) atoms. The summed E-state index contributed by atoms with van der Waals surface area (Å²) in [6.45, 7) is 5.51. The van der Waals surface area contributed by atoms with E-state index < -0.39 is 0 Å². The van der Waals surface area contributed by atoms with Crippen molar-refractivity contribution in [1.82, 2.24) is 9.88 Å². The summed E-state index contributed by atoms with van der Waals surface area (Å²) in [4.78, 5) is 12.2. The molecule has 0 saturated carbocycles. The Bertz CT molecular complexity index is 672. The van der Waals surface area contributed by atoms with Gasteiger partial charge >= 0.3 is 0 Å². The SMILES string of the molecule is CCO/N=C(/CCN1CCCC(c2nccs2)C1)c1ccc(F)cc1. The van der Waals surface area contributed by atoms with Crippen LogP contribution in [0.4, 0.5) is 4.39 Å². The van der Waals surface area contributed by atoms with Gasteiger partial charge in [0.05, 0.1) is 10.7 Å². The quantitative estimate of drug-likeness (QED) is 0.545. The maximum atomic E-state index is 13.2. The summed E-state index contributed by atoms with van der Waals surface area (Å²) in [6, 6.07) is 6.47. The van der Waals surface area contributed by atoms with Crippen LogP contribution in [0.5, 0.6) is 0 Å². The van der Waals surface area contributed by atoms with Crippen LogP contribution in [0.3, 0.4) is 0 Å². The normalized spacial score (nSPS) is 19.1. The average Bonchev–Trinajstić information content (AvgIpc) is 3.18. The van der Waals surface area contributed by atoms with Crippen LogP contribution in [0, 0.1) is 5.82 Å². The van der Waals surface area contributed by atoms with Crippen molar-refractivity contribution in [2.24, 2.45) is 5.16 Å². The molecule has 1 saturated heterocycles. The molecule has 1 aliphatic heterocycles. The Morgan fingerprint density at radius 2 is 2.24 bits per heavy atom. The van der Waals surface area contributed by atoms with Crippen LogP contribution < -0.4 is 0 Å². The van der Waals surface area contributed by atoms with Gasteiger partial charge in [0.15, 0.2) is 0 Å². The molecule has 134 valence electrons. The second-order valence-corrected chi connectivity index (χ2v) is 7.15. The lowest BCUT2D eigenvalue weighted by molar-refractivity contribution is 0.157. The minimum Gasteiger partial charge on any atom is -0.396 e. The fourth-order valence-electron chi connectivity index (χ4n) is 3.19. The van der Waals surface area contributed by atoms with Crippen molar-refractivity contribution in [2.45, 2.75) is 32.1 Å². The molecule has 0 amide bonds. The van der Waals surface area contributed by atoms with E-state index in [-0.39, 0.29) is 5.82 Å². The Labute approximate surface area is 152 Å². The lowest BCUT2D eigenvalue weighted by Crippen LogP contribution is -2.35. The summed E-state index contributed by atoms with van der Waals surface area (Å²) in [7, 11) is 0. The highest BCUT2D eigenvalue weighted by Gasteiger charge is 2.23. The van der Waals surface area contributed by atoms with E-state index in [0.29, 0.717) is 12.5 Å². The minimum atomic E-state index is -0.234. The largest absolute Gasteiger partial charge is 0.396 e. The van der Waals surface area contributed by atoms with Gasteiger partial charge in [-0.05, 0) is 44.0 Å². The summed E-state index contributed by atoms with van der Waals surface area (Å²) in [5.74, 6) is 0.300. The third kappa shape index (κ3) is 5.09. The Balaban J connectivity index is 1.61. The van der Waals surface area contributed by atoms with Crippen LogP contribution in [0.2, 0.25) is 0 Å². The molecule has 3 rings (SSSR count). The number of likely N-dealkylation sites (tertiary alicyclic amines) is 1. The lowest BCUT2D eigenvalue weighted by atomic mass is 9.98. The molecule has 6 heteroatoms. The first-order valence-corrected chi connectivity index (χ1v) is 9.70. The molecule has 0 spiro atoms. The van der Waals surface area contributed by atoms with Gasteiger partial charge < -0.3 is 9.74 Å². The van der Waals surface area contributed by atoms with Crippen LogP contribution in [0.15, 0.2) is 41.0 Å². The van der Waals surface area contributed by atoms with Gasteiger partial charge in [0.1, 0.15) is 12.4 Å². The molecule has 0 N–H and O–H groups in total. The first kappa shape index (κ1) is 18.0. The maximum absolute atomic E-state index is 13.2. The molecule has 1 aromatic heterocycles. The fraction of sp³-hybridized carbons (Fsp3) is 0.474. The zero-order valence-electron chi connectivity index (χ0n) is 14.5. The molecule has 4 nitrogen and oxygen atoms in total. The number of thiazole rings is 1. The molecule has 1 aromatic carbocycles. The van der Waals surface area contributed by atoms with Crippen molar-refractivity contribution < 1.29 is 9.23 Å². The van der Waals surface area contributed by atoms with E-state index in [9.17, 15) is 4.39 Å². The smallest absolute Gasteiger partial charge is 0.123 e. The topological polar surface area (TPSA) is 37.7 Å². The van der Waals surface area contributed by atoms with E-state index in [2.05, 4.69) is 20.4 Å². The van der Waals surface area contributed by atoms with Gasteiger partial charge in [-0.25, -0.2) is 9.37 Å². The molecular formula is C19H24FN3OS. The maximum Gasteiger partial charge on any atom is 0.123 e. The number of halogens is 1. The summed E-state index contributed by atoms with van der Waals surface area (Å²) < 4.78 is 13.2. The van der Waals surface area contributed by atoms with Gasteiger partial charge in [-0.3, -0.25) is 0 Å². The number of hydrogen-bond acceptors (Lipinski definition) is 5. The first-order chi connectivity index (χ1) is 12.3. The van der Waals surface area contributed by atoms with Crippen LogP contribution in [-0.4, -0.2) is 41.8 Å². The second kappa shape index (κ2) is 9.06. The van der Waals surface area contributed by atoms with Crippen LogP contribution >= 0.6 is 11.3 Å². The Hall–Kier alpha value is -1.79. The lowest BCUT2D eigenvalue weighted by Gasteiger charge is -2.31. The van der Waals surface area contributed by atoms with Crippen molar-refractivity contribution in [1.29, 1.82) is 0 Å². The van der Waals surface area contributed by atoms with E-state index in [1.165, 1.54) is 30.0 Å². The third-order valence-electron chi connectivity index (χ3n) is 4.45. The molecule has 1 unspecified atom stereocenters. The van der Waals surface area contributed by atoms with Crippen molar-refractivity contribution in [2.75, 3.05) is 26.2 Å². The number of oxime groups is 1. The fourth-order valence-corrected chi connectivity index (χ4v) is 3.96. The van der Waals surface area contributed by atoms with E-state index in [1.54, 1.807) is 23.5 Å². The summed E-state index contributed by atoms with van der Waals surface area (Å²) in [5, 5.41) is 7.55. The summed E-state index contributed by atoms with van der Waals surface area (Å²) in [5.41, 5.74) is 1.79. The van der Waals surface area contributed by atoms with E-state index >= 15 is 0 Å². The van der Waals surface area contributed by atoms with Crippen LogP contribution in [-0.2, 0) is 4.84 Å². The monoisotopic (exact) mass is 361 g/mol. The zero-order valence-corrected chi connectivity index (χ0v) is 15.3. The molecule has 2 heterocycles. The second-order valence-electron chi connectivity index (χ2n) is 6.22. The van der Waals surface area contributed by atoms with Gasteiger partial charge in [0, 0.05) is 37.0 Å². The predicted molar refractivity (Wildman–Crippen MR) is 99.7 cm³/mol. The molecule has 2 aromatic rings. The van der Waals surface area contributed by atoms with Crippen molar-refractivity contribution in [3.8, 4) is 0 Å². The third-order valence-corrected chi connectivity index (χ3v) is 5.39. The van der Waals surface area contributed by atoms with E-state index in [0.717, 1.165) is 37.3 Å². The molecule has 1 atom stereocenters. The highest BCUT2D eigenvalue weighted by Crippen LogP contribution is 2.28. The van der Waals surface area contributed by atoms with E-state index in [4.69, 9.17) is 4.84 Å². The Kier molecular flexibility index (Phi) is 6.53. The molecule has 0 bridgehead atoms. The standard InChI is InChI=1S/C19H24FN3OS/c1-2-24-22-18(15-5-7-17(20)8-6-15)9-12-23-11-3-4-16(14-23)19-21-10-13-25-19/h5-8,10,13,16H,2-4,9,11-12,14H2,1H3/b22-18-. The number of nitrogens with zero attached hydrogens (tertiary/aromatic N) is 3. The number of aromatic nitrogens is 1. The van der Waals surface area contributed by atoms with Crippen LogP contribution in [0.25, 0.3) is 0 Å². The number of piperidine rings is 1. The molecular weight excluding hydrogens is 337 g/mol. The first-order valence-electron chi connectivity index (χ1n) is 8.82. The van der Waals surface area contributed by atoms with Gasteiger partial charge in [-0.1, -0.05) is 17.3 Å². The molecule has 1 fully saturated rings. The highest BCUT2D eigenvalue weighted by atomic mass is 32.1. The van der Waals surface area contributed by atoms with Gasteiger partial charge in [0.25, 0.3) is 0 Å². The van der Waals surface area contributed by atoms with Gasteiger partial charge in [-0.15, -0.1) is 11.3 Å². The Morgan fingerprint density at radius 3 is 2.96 bits per heavy atom. The van der Waals surface area contributed by atoms with Gasteiger partial charge in [-0.2, -0.15) is 0 Å². The highest BCUT2D eigenvalue weighted by molar-refractivity contribution is 7.09. The van der Waals surface area contributed by atoms with E-state index in [1.807, 2.05) is 13.1 Å².